The standard InChI is InChI=1S/C10H9N7O3S.C3H8/c11-7-6-8(16-9(15-7)21(19)20)17(10(18)14-6)3-5-1-12-4-13-2-5;1-3-2/h1-2,4H,3H2,(H,14,18)(H,19,20)(H2,11,15,16);3H2,1-2H3. The van der Waals surface area contributed by atoms with Gasteiger partial charge in [-0.3, -0.25) is 9.12 Å². The molecule has 0 amide bonds. The minimum atomic E-state index is -2.40. The molecule has 1 atom stereocenters. The van der Waals surface area contributed by atoms with Gasteiger partial charge in [0.15, 0.2) is 11.5 Å². The molecule has 3 aromatic rings. The molecule has 0 aromatic carbocycles. The Bertz CT molecular complexity index is 907. The molecular weight excluding hydrogens is 334 g/mol. The van der Waals surface area contributed by atoms with E-state index in [2.05, 4.69) is 38.8 Å². The van der Waals surface area contributed by atoms with Crippen molar-refractivity contribution in [3.05, 3.63) is 34.8 Å². The molecule has 1 unspecified atom stereocenters. The van der Waals surface area contributed by atoms with Crippen LogP contribution in [0.15, 0.2) is 28.7 Å². The molecule has 3 heterocycles. The van der Waals surface area contributed by atoms with E-state index in [0.29, 0.717) is 5.56 Å². The highest BCUT2D eigenvalue weighted by molar-refractivity contribution is 7.79. The van der Waals surface area contributed by atoms with Crippen molar-refractivity contribution in [3.63, 3.8) is 0 Å². The lowest BCUT2D eigenvalue weighted by Gasteiger charge is -2.03. The summed E-state index contributed by atoms with van der Waals surface area (Å²) in [4.78, 5) is 29.8. The van der Waals surface area contributed by atoms with Crippen LogP contribution in [-0.4, -0.2) is 38.2 Å². The Labute approximate surface area is 139 Å². The predicted octanol–water partition coefficient (Wildman–Crippen LogP) is 0.537. The Morgan fingerprint density at radius 2 is 1.92 bits per heavy atom. The third-order valence-corrected chi connectivity index (χ3v) is 3.24. The average molecular weight is 351 g/mol. The number of anilines is 1. The number of aromatic amines is 1. The van der Waals surface area contributed by atoms with Gasteiger partial charge in [0.2, 0.25) is 11.1 Å². The Kier molecular flexibility index (Phi) is 5.71. The second kappa shape index (κ2) is 7.75. The second-order valence-corrected chi connectivity index (χ2v) is 5.67. The molecule has 0 bridgehead atoms. The van der Waals surface area contributed by atoms with Crippen molar-refractivity contribution < 1.29 is 8.76 Å². The molecule has 11 heteroatoms. The van der Waals surface area contributed by atoms with E-state index in [1.54, 1.807) is 12.4 Å². The van der Waals surface area contributed by atoms with Gasteiger partial charge in [-0.2, -0.15) is 9.97 Å². The van der Waals surface area contributed by atoms with Crippen LogP contribution in [0.5, 0.6) is 0 Å². The summed E-state index contributed by atoms with van der Waals surface area (Å²) in [7, 11) is 0. The molecule has 0 aliphatic carbocycles. The van der Waals surface area contributed by atoms with Crippen LogP contribution in [0.4, 0.5) is 5.82 Å². The third-order valence-electron chi connectivity index (χ3n) is 2.74. The number of nitrogens with zero attached hydrogens (tertiary/aromatic N) is 5. The van der Waals surface area contributed by atoms with Crippen LogP contribution in [0, 0.1) is 0 Å². The van der Waals surface area contributed by atoms with Gasteiger partial charge in [-0.15, -0.1) is 0 Å². The summed E-state index contributed by atoms with van der Waals surface area (Å²) in [6.45, 7) is 4.40. The second-order valence-electron chi connectivity index (χ2n) is 4.81. The minimum absolute atomic E-state index is 0.0717. The van der Waals surface area contributed by atoms with E-state index in [0.717, 1.165) is 0 Å². The molecule has 0 saturated carbocycles. The molecule has 0 aliphatic rings. The van der Waals surface area contributed by atoms with Gasteiger partial charge in [0.25, 0.3) is 5.16 Å². The van der Waals surface area contributed by atoms with E-state index in [9.17, 15) is 9.00 Å². The lowest BCUT2D eigenvalue weighted by atomic mass is 10.3. The largest absolute Gasteiger partial charge is 0.382 e. The average Bonchev–Trinajstić information content (AvgIpc) is 2.86. The van der Waals surface area contributed by atoms with Crippen molar-refractivity contribution in [2.75, 3.05) is 5.73 Å². The summed E-state index contributed by atoms with van der Waals surface area (Å²) < 4.78 is 21.4. The first-order valence-corrected chi connectivity index (χ1v) is 8.19. The number of aromatic nitrogens is 6. The Hall–Kier alpha value is -2.66. The molecule has 3 rings (SSSR count). The van der Waals surface area contributed by atoms with E-state index >= 15 is 0 Å². The number of nitrogens with two attached hydrogens (primary N) is 1. The molecule has 10 nitrogen and oxygen atoms in total. The number of nitrogens with one attached hydrogen (secondary N) is 1. The quantitative estimate of drug-likeness (QED) is 0.456. The monoisotopic (exact) mass is 351 g/mol. The van der Waals surface area contributed by atoms with Crippen molar-refractivity contribution in [3.8, 4) is 0 Å². The van der Waals surface area contributed by atoms with Crippen LogP contribution in [-0.2, 0) is 17.6 Å². The van der Waals surface area contributed by atoms with Gasteiger partial charge in [0.1, 0.15) is 11.8 Å². The Morgan fingerprint density at radius 3 is 2.50 bits per heavy atom. The molecule has 0 radical (unpaired) electrons. The SMILES string of the molecule is CCC.Nc1nc(S(=O)O)nc2c1[nH]c(=O)n2Cc1cncnc1. The summed E-state index contributed by atoms with van der Waals surface area (Å²) in [5.74, 6) is -0.0717. The molecule has 0 fully saturated rings. The predicted molar refractivity (Wildman–Crippen MR) is 88.7 cm³/mol. The van der Waals surface area contributed by atoms with Gasteiger partial charge in [0.05, 0.1) is 6.54 Å². The summed E-state index contributed by atoms with van der Waals surface area (Å²) in [5, 5.41) is -0.364. The van der Waals surface area contributed by atoms with Crippen molar-refractivity contribution in [1.82, 2.24) is 29.5 Å². The number of nitrogen functional groups attached to an aromatic ring is 1. The summed E-state index contributed by atoms with van der Waals surface area (Å²) in [6.07, 6.45) is 5.72. The van der Waals surface area contributed by atoms with Gasteiger partial charge in [-0.05, 0) is 0 Å². The zero-order valence-electron chi connectivity index (χ0n) is 13.1. The topological polar surface area (TPSA) is 153 Å². The van der Waals surface area contributed by atoms with Crippen LogP contribution in [0.2, 0.25) is 0 Å². The zero-order chi connectivity index (χ0) is 17.7. The van der Waals surface area contributed by atoms with Crippen LogP contribution < -0.4 is 11.4 Å². The number of hydrogen-bond acceptors (Lipinski definition) is 7. The molecule has 0 aliphatic heterocycles. The lowest BCUT2D eigenvalue weighted by Crippen LogP contribution is -2.18. The molecule has 24 heavy (non-hydrogen) atoms. The number of imidazole rings is 1. The van der Waals surface area contributed by atoms with Crippen LogP contribution >= 0.6 is 0 Å². The first-order chi connectivity index (χ1) is 11.5. The molecule has 128 valence electrons. The van der Waals surface area contributed by atoms with E-state index in [1.807, 2.05) is 0 Å². The molecule has 0 saturated heterocycles. The Morgan fingerprint density at radius 1 is 1.29 bits per heavy atom. The maximum atomic E-state index is 12.0. The van der Waals surface area contributed by atoms with Gasteiger partial charge >= 0.3 is 5.69 Å². The summed E-state index contributed by atoms with van der Waals surface area (Å²) >= 11 is -2.40. The normalized spacial score (nSPS) is 11.8. The fraction of sp³-hybridized carbons (Fsp3) is 0.308. The lowest BCUT2D eigenvalue weighted by molar-refractivity contribution is 0.555. The maximum absolute atomic E-state index is 12.0. The molecule has 4 N–H and O–H groups in total. The van der Waals surface area contributed by atoms with E-state index in [4.69, 9.17) is 10.3 Å². The van der Waals surface area contributed by atoms with Crippen LogP contribution in [0.3, 0.4) is 0 Å². The summed E-state index contributed by atoms with van der Waals surface area (Å²) in [6, 6.07) is 0. The highest BCUT2D eigenvalue weighted by Crippen LogP contribution is 2.16. The minimum Gasteiger partial charge on any atom is -0.382 e. The Balaban J connectivity index is 0.000000647. The molecular formula is C13H17N7O3S. The van der Waals surface area contributed by atoms with E-state index in [-0.39, 0.29) is 28.7 Å². The van der Waals surface area contributed by atoms with E-state index < -0.39 is 16.8 Å². The summed E-state index contributed by atoms with van der Waals surface area (Å²) in [5.41, 5.74) is 6.23. The van der Waals surface area contributed by atoms with E-state index in [1.165, 1.54) is 17.3 Å². The van der Waals surface area contributed by atoms with Crippen molar-refractivity contribution in [1.29, 1.82) is 0 Å². The number of fused-ring (bicyclic) bond motifs is 1. The third kappa shape index (κ3) is 3.81. The highest BCUT2D eigenvalue weighted by atomic mass is 32.2. The van der Waals surface area contributed by atoms with Gasteiger partial charge in [-0.1, -0.05) is 20.3 Å². The number of H-pyrrole nitrogens is 1. The molecule has 3 aromatic heterocycles. The number of hydrogen-bond donors (Lipinski definition) is 3. The van der Waals surface area contributed by atoms with Gasteiger partial charge in [-0.25, -0.2) is 19.0 Å². The fourth-order valence-electron chi connectivity index (χ4n) is 1.85. The van der Waals surface area contributed by atoms with Crippen molar-refractivity contribution in [2.24, 2.45) is 0 Å². The highest BCUT2D eigenvalue weighted by Gasteiger charge is 2.16. The molecule has 0 spiro atoms. The van der Waals surface area contributed by atoms with Crippen molar-refractivity contribution in [2.45, 2.75) is 32.0 Å². The first-order valence-electron chi connectivity index (χ1n) is 7.08. The zero-order valence-corrected chi connectivity index (χ0v) is 13.9. The fourth-order valence-corrected chi connectivity index (χ4v) is 2.19. The van der Waals surface area contributed by atoms with Gasteiger partial charge < -0.3 is 10.7 Å². The van der Waals surface area contributed by atoms with Crippen LogP contribution in [0.25, 0.3) is 11.2 Å². The maximum Gasteiger partial charge on any atom is 0.328 e. The van der Waals surface area contributed by atoms with Crippen molar-refractivity contribution >= 4 is 28.1 Å². The first kappa shape index (κ1) is 17.7. The van der Waals surface area contributed by atoms with Gasteiger partial charge in [0, 0.05) is 18.0 Å². The smallest absolute Gasteiger partial charge is 0.328 e. The van der Waals surface area contributed by atoms with Crippen LogP contribution in [0.1, 0.15) is 25.8 Å². The number of rotatable bonds is 3.